The Kier molecular flexibility index (Phi) is 5.61. The molecule has 1 N–H and O–H groups in total. The predicted octanol–water partition coefficient (Wildman–Crippen LogP) is 3.67. The first-order chi connectivity index (χ1) is 14.2. The average Bonchev–Trinajstić information content (AvgIpc) is 2.78. The van der Waals surface area contributed by atoms with Gasteiger partial charge in [-0.2, -0.15) is 0 Å². The minimum Gasteiger partial charge on any atom is -0.493 e. The number of pyridine rings is 1. The molecule has 148 valence electrons. The Labute approximate surface area is 170 Å². The van der Waals surface area contributed by atoms with Crippen molar-refractivity contribution < 1.29 is 14.3 Å². The third kappa shape index (κ3) is 4.48. The average molecular weight is 389 g/mol. The quantitative estimate of drug-likeness (QED) is 0.697. The van der Waals surface area contributed by atoms with Crippen LogP contribution in [-0.2, 0) is 17.8 Å². The van der Waals surface area contributed by atoms with Gasteiger partial charge in [0.15, 0.2) is 18.1 Å². The fourth-order valence-electron chi connectivity index (χ4n) is 3.42. The molecule has 4 rings (SSSR count). The van der Waals surface area contributed by atoms with Crippen LogP contribution in [0.15, 0.2) is 66.9 Å². The number of ether oxygens (including phenoxy) is 2. The molecule has 1 amide bonds. The number of nitrogens with one attached hydrogen (secondary N) is 1. The second-order valence-electron chi connectivity index (χ2n) is 6.83. The molecule has 3 aromatic rings. The van der Waals surface area contributed by atoms with Crippen molar-refractivity contribution >= 4 is 17.4 Å². The highest BCUT2D eigenvalue weighted by Crippen LogP contribution is 2.26. The van der Waals surface area contributed by atoms with Crippen molar-refractivity contribution in [2.24, 2.45) is 0 Å². The number of hydrogen-bond acceptors (Lipinski definition) is 5. The summed E-state index contributed by atoms with van der Waals surface area (Å²) in [5, 5.41) is 2.81. The number of amides is 1. The monoisotopic (exact) mass is 389 g/mol. The maximum absolute atomic E-state index is 12.2. The number of carbonyl (C=O) groups excluding carboxylic acids is 1. The van der Waals surface area contributed by atoms with Crippen LogP contribution in [0.1, 0.15) is 11.1 Å². The van der Waals surface area contributed by atoms with E-state index in [-0.39, 0.29) is 12.5 Å². The molecule has 29 heavy (non-hydrogen) atoms. The van der Waals surface area contributed by atoms with E-state index in [4.69, 9.17) is 9.47 Å². The molecule has 2 heterocycles. The van der Waals surface area contributed by atoms with Crippen molar-refractivity contribution in [1.82, 2.24) is 4.98 Å². The summed E-state index contributed by atoms with van der Waals surface area (Å²) in [5.74, 6) is 1.78. The largest absolute Gasteiger partial charge is 0.493 e. The lowest BCUT2D eigenvalue weighted by atomic mass is 10.00. The van der Waals surface area contributed by atoms with E-state index in [1.165, 1.54) is 11.1 Å². The lowest BCUT2D eigenvalue weighted by Crippen LogP contribution is -2.30. The predicted molar refractivity (Wildman–Crippen MR) is 113 cm³/mol. The van der Waals surface area contributed by atoms with Gasteiger partial charge in [0.1, 0.15) is 5.82 Å². The van der Waals surface area contributed by atoms with Crippen LogP contribution < -0.4 is 19.7 Å². The number of methoxy groups -OCH3 is 1. The minimum atomic E-state index is -0.252. The Balaban J connectivity index is 1.33. The van der Waals surface area contributed by atoms with Gasteiger partial charge in [-0.05, 0) is 41.8 Å². The summed E-state index contributed by atoms with van der Waals surface area (Å²) in [7, 11) is 1.57. The second kappa shape index (κ2) is 8.65. The van der Waals surface area contributed by atoms with Gasteiger partial charge in [-0.15, -0.1) is 0 Å². The van der Waals surface area contributed by atoms with Crippen molar-refractivity contribution in [1.29, 1.82) is 0 Å². The number of benzene rings is 2. The molecule has 6 heteroatoms. The van der Waals surface area contributed by atoms with Crippen molar-refractivity contribution in [3.05, 3.63) is 78.0 Å². The molecule has 0 saturated heterocycles. The van der Waals surface area contributed by atoms with Gasteiger partial charge >= 0.3 is 0 Å². The van der Waals surface area contributed by atoms with Crippen LogP contribution >= 0.6 is 0 Å². The number of rotatable bonds is 6. The van der Waals surface area contributed by atoms with E-state index in [1.54, 1.807) is 25.4 Å². The molecule has 0 fully saturated rings. The highest BCUT2D eigenvalue weighted by molar-refractivity contribution is 5.91. The van der Waals surface area contributed by atoms with Crippen LogP contribution in [0.25, 0.3) is 0 Å². The number of aromatic nitrogens is 1. The standard InChI is InChI=1S/C23H23N3O3/c1-28-20-8-4-5-9-21(20)29-16-23(27)25-19-10-11-22(24-14-19)26-13-12-17-6-2-3-7-18(17)15-26/h2-11,14H,12-13,15-16H2,1H3,(H,25,27). The van der Waals surface area contributed by atoms with Crippen LogP contribution in [0, 0.1) is 0 Å². The Hall–Kier alpha value is -3.54. The molecule has 0 aliphatic carbocycles. The van der Waals surface area contributed by atoms with Crippen molar-refractivity contribution in [3.63, 3.8) is 0 Å². The molecule has 0 saturated carbocycles. The van der Waals surface area contributed by atoms with Gasteiger partial charge in [0.05, 0.1) is 19.0 Å². The van der Waals surface area contributed by atoms with Crippen LogP contribution in [-0.4, -0.2) is 31.2 Å². The number of fused-ring (bicyclic) bond motifs is 1. The number of hydrogen-bond donors (Lipinski definition) is 1. The van der Waals surface area contributed by atoms with Crippen molar-refractivity contribution in [3.8, 4) is 11.5 Å². The van der Waals surface area contributed by atoms with Crippen LogP contribution in [0.4, 0.5) is 11.5 Å². The van der Waals surface area contributed by atoms with Gasteiger partial charge in [-0.3, -0.25) is 4.79 Å². The smallest absolute Gasteiger partial charge is 0.262 e. The summed E-state index contributed by atoms with van der Waals surface area (Å²) >= 11 is 0. The third-order valence-electron chi connectivity index (χ3n) is 4.91. The van der Waals surface area contributed by atoms with E-state index in [2.05, 4.69) is 39.5 Å². The first kappa shape index (κ1) is 18.8. The van der Waals surface area contributed by atoms with Gasteiger partial charge in [0.2, 0.25) is 0 Å². The van der Waals surface area contributed by atoms with Gasteiger partial charge in [0.25, 0.3) is 5.91 Å². The van der Waals surface area contributed by atoms with E-state index in [9.17, 15) is 4.79 Å². The van der Waals surface area contributed by atoms with Gasteiger partial charge in [-0.1, -0.05) is 36.4 Å². The molecule has 1 aliphatic heterocycles. The van der Waals surface area contributed by atoms with Gasteiger partial charge < -0.3 is 19.7 Å². The molecule has 0 bridgehead atoms. The second-order valence-corrected chi connectivity index (χ2v) is 6.83. The summed E-state index contributed by atoms with van der Waals surface area (Å²) < 4.78 is 10.8. The van der Waals surface area contributed by atoms with Crippen LogP contribution in [0.3, 0.4) is 0 Å². The zero-order valence-corrected chi connectivity index (χ0v) is 16.3. The lowest BCUT2D eigenvalue weighted by Gasteiger charge is -2.29. The molecule has 1 aliphatic rings. The number of carbonyl (C=O) groups is 1. The fraction of sp³-hybridized carbons (Fsp3) is 0.217. The Morgan fingerprint density at radius 1 is 1.03 bits per heavy atom. The lowest BCUT2D eigenvalue weighted by molar-refractivity contribution is -0.118. The highest BCUT2D eigenvalue weighted by atomic mass is 16.5. The van der Waals surface area contributed by atoms with Crippen molar-refractivity contribution in [2.45, 2.75) is 13.0 Å². The summed E-state index contributed by atoms with van der Waals surface area (Å²) in [5.41, 5.74) is 3.38. The number of anilines is 2. The van der Waals surface area contributed by atoms with E-state index < -0.39 is 0 Å². The van der Waals surface area contributed by atoms with Gasteiger partial charge in [0, 0.05) is 13.1 Å². The molecular formula is C23H23N3O3. The maximum atomic E-state index is 12.2. The van der Waals surface area contributed by atoms with Crippen molar-refractivity contribution in [2.75, 3.05) is 30.5 Å². The van der Waals surface area contributed by atoms with E-state index >= 15 is 0 Å². The van der Waals surface area contributed by atoms with Gasteiger partial charge in [-0.25, -0.2) is 4.98 Å². The summed E-state index contributed by atoms with van der Waals surface area (Å²) in [4.78, 5) is 19.0. The topological polar surface area (TPSA) is 63.7 Å². The molecular weight excluding hydrogens is 366 g/mol. The summed E-state index contributed by atoms with van der Waals surface area (Å²) in [6.45, 7) is 1.68. The third-order valence-corrected chi connectivity index (χ3v) is 4.91. The fourth-order valence-corrected chi connectivity index (χ4v) is 3.42. The van der Waals surface area contributed by atoms with E-state index in [0.717, 1.165) is 25.3 Å². The minimum absolute atomic E-state index is 0.106. The summed E-state index contributed by atoms with van der Waals surface area (Å²) in [6, 6.07) is 19.5. The number of nitrogens with zero attached hydrogens (tertiary/aromatic N) is 2. The van der Waals surface area contributed by atoms with E-state index in [1.807, 2.05) is 24.3 Å². The van der Waals surface area contributed by atoms with E-state index in [0.29, 0.717) is 17.2 Å². The zero-order valence-electron chi connectivity index (χ0n) is 16.3. The first-order valence-electron chi connectivity index (χ1n) is 9.56. The molecule has 0 radical (unpaired) electrons. The SMILES string of the molecule is COc1ccccc1OCC(=O)Nc1ccc(N2CCc3ccccc3C2)nc1. The Bertz CT molecular complexity index is 989. The molecule has 6 nitrogen and oxygen atoms in total. The normalized spacial score (nSPS) is 12.8. The molecule has 0 atom stereocenters. The highest BCUT2D eigenvalue weighted by Gasteiger charge is 2.17. The molecule has 0 spiro atoms. The number of para-hydroxylation sites is 2. The molecule has 0 unspecified atom stereocenters. The maximum Gasteiger partial charge on any atom is 0.262 e. The first-order valence-corrected chi connectivity index (χ1v) is 9.56. The summed E-state index contributed by atoms with van der Waals surface area (Å²) in [6.07, 6.45) is 2.69. The molecule has 1 aromatic heterocycles. The Morgan fingerprint density at radius 3 is 2.55 bits per heavy atom. The molecule has 2 aromatic carbocycles. The zero-order chi connectivity index (χ0) is 20.1. The van der Waals surface area contributed by atoms with Crippen LogP contribution in [0.2, 0.25) is 0 Å². The van der Waals surface area contributed by atoms with Crippen LogP contribution in [0.5, 0.6) is 11.5 Å². The Morgan fingerprint density at radius 2 is 1.79 bits per heavy atom.